The second-order valence-electron chi connectivity index (χ2n) is 8.45. The number of nitrogens with zero attached hydrogens (tertiary/aromatic N) is 3. The fraction of sp³-hybridized carbons (Fsp3) is 0.269. The van der Waals surface area contributed by atoms with Crippen LogP contribution in [0.3, 0.4) is 0 Å². The highest BCUT2D eigenvalue weighted by Crippen LogP contribution is 2.31. The number of benzene rings is 2. The molecule has 2 amide bonds. The molecule has 0 unspecified atom stereocenters. The molecule has 0 atom stereocenters. The molecule has 7 heteroatoms. The molecule has 2 aromatic carbocycles. The van der Waals surface area contributed by atoms with E-state index in [0.717, 1.165) is 23.2 Å². The van der Waals surface area contributed by atoms with E-state index >= 15 is 0 Å². The van der Waals surface area contributed by atoms with Crippen LogP contribution in [0, 0.1) is 6.92 Å². The molecule has 0 fully saturated rings. The second-order valence-corrected chi connectivity index (χ2v) is 8.45. The van der Waals surface area contributed by atoms with Gasteiger partial charge in [-0.1, -0.05) is 23.8 Å². The van der Waals surface area contributed by atoms with Crippen LogP contribution in [0.25, 0.3) is 0 Å². The molecule has 2 aromatic rings. The number of carbonyl (C=O) groups excluding carboxylic acids is 3. The summed E-state index contributed by atoms with van der Waals surface area (Å²) in [6, 6.07) is 14.9. The Labute approximate surface area is 193 Å². The molecule has 0 radical (unpaired) electrons. The number of aryl methyl sites for hydroxylation is 1. The van der Waals surface area contributed by atoms with E-state index in [2.05, 4.69) is 0 Å². The summed E-state index contributed by atoms with van der Waals surface area (Å²) in [5, 5.41) is 1.39. The standard InChI is InChI=1S/C26H28N4O3/c1-18-6-8-23(9-7-18)30(27)25-20(17-19(2)31)14-16-29(26(25)33)22-12-10-21(11-13-22)28-15-4-3-5-24(28)32/h4,6-13,15H,3,5,14,16-17,27H2,1-2H3. The topological polar surface area (TPSA) is 86.9 Å². The lowest BCUT2D eigenvalue weighted by atomic mass is 9.98. The summed E-state index contributed by atoms with van der Waals surface area (Å²) in [7, 11) is 0. The Hall–Kier alpha value is -3.71. The van der Waals surface area contributed by atoms with Gasteiger partial charge in [0, 0.05) is 37.0 Å². The van der Waals surface area contributed by atoms with Crippen LogP contribution >= 0.6 is 0 Å². The Balaban J connectivity index is 1.64. The predicted octanol–water partition coefficient (Wildman–Crippen LogP) is 3.99. The van der Waals surface area contributed by atoms with Gasteiger partial charge in [-0.3, -0.25) is 24.3 Å². The lowest BCUT2D eigenvalue weighted by Crippen LogP contribution is -2.46. The van der Waals surface area contributed by atoms with E-state index in [9.17, 15) is 14.4 Å². The van der Waals surface area contributed by atoms with E-state index in [4.69, 9.17) is 5.84 Å². The lowest BCUT2D eigenvalue weighted by molar-refractivity contribution is -0.118. The highest BCUT2D eigenvalue weighted by molar-refractivity contribution is 6.09. The number of rotatable bonds is 6. The molecule has 2 N–H and O–H groups in total. The highest BCUT2D eigenvalue weighted by atomic mass is 16.2. The number of hydrazine groups is 1. The van der Waals surface area contributed by atoms with Crippen molar-refractivity contribution in [3.8, 4) is 0 Å². The normalized spacial score (nSPS) is 16.5. The van der Waals surface area contributed by atoms with Gasteiger partial charge in [0.2, 0.25) is 5.91 Å². The Morgan fingerprint density at radius 2 is 1.67 bits per heavy atom. The number of Topliss-reactive ketones (excluding diaryl/α,β-unsaturated/α-hetero) is 1. The van der Waals surface area contributed by atoms with Gasteiger partial charge in [-0.05, 0) is 68.7 Å². The Kier molecular flexibility index (Phi) is 6.42. The first-order chi connectivity index (χ1) is 15.8. The third kappa shape index (κ3) is 4.73. The molecular weight excluding hydrogens is 416 g/mol. The third-order valence-corrected chi connectivity index (χ3v) is 5.92. The number of allylic oxidation sites excluding steroid dienone is 1. The quantitative estimate of drug-likeness (QED) is 0.538. The van der Waals surface area contributed by atoms with Crippen LogP contribution in [0.2, 0.25) is 0 Å². The molecule has 0 aliphatic carbocycles. The van der Waals surface area contributed by atoms with Crippen molar-refractivity contribution in [3.63, 3.8) is 0 Å². The van der Waals surface area contributed by atoms with Crippen LogP contribution in [0.1, 0.15) is 38.2 Å². The van der Waals surface area contributed by atoms with Crippen molar-refractivity contribution in [2.45, 2.75) is 39.5 Å². The van der Waals surface area contributed by atoms with Gasteiger partial charge in [-0.15, -0.1) is 0 Å². The summed E-state index contributed by atoms with van der Waals surface area (Å²) in [5.74, 6) is 6.21. The predicted molar refractivity (Wildman–Crippen MR) is 129 cm³/mol. The lowest BCUT2D eigenvalue weighted by Gasteiger charge is -2.34. The van der Waals surface area contributed by atoms with Gasteiger partial charge in [0.25, 0.3) is 5.91 Å². The van der Waals surface area contributed by atoms with E-state index in [1.54, 1.807) is 16.0 Å². The number of carbonyl (C=O) groups is 3. The molecule has 33 heavy (non-hydrogen) atoms. The van der Waals surface area contributed by atoms with Crippen molar-refractivity contribution >= 4 is 34.7 Å². The van der Waals surface area contributed by atoms with E-state index in [1.165, 1.54) is 11.9 Å². The average Bonchev–Trinajstić information content (AvgIpc) is 2.80. The maximum atomic E-state index is 13.6. The second kappa shape index (κ2) is 9.42. The summed E-state index contributed by atoms with van der Waals surface area (Å²) < 4.78 is 0. The molecule has 2 aliphatic heterocycles. The van der Waals surface area contributed by atoms with Crippen LogP contribution in [0.15, 0.2) is 72.1 Å². The number of anilines is 3. The average molecular weight is 445 g/mol. The van der Waals surface area contributed by atoms with Gasteiger partial charge in [0.05, 0.1) is 5.69 Å². The molecule has 0 saturated carbocycles. The van der Waals surface area contributed by atoms with Crippen molar-refractivity contribution in [3.05, 3.63) is 77.6 Å². The number of nitrogens with two attached hydrogens (primary N) is 1. The van der Waals surface area contributed by atoms with Crippen LogP contribution in [0.4, 0.5) is 17.1 Å². The van der Waals surface area contributed by atoms with Crippen molar-refractivity contribution < 1.29 is 14.4 Å². The first-order valence-corrected chi connectivity index (χ1v) is 11.1. The summed E-state index contributed by atoms with van der Waals surface area (Å²) in [5.41, 5.74) is 4.32. The van der Waals surface area contributed by atoms with Crippen molar-refractivity contribution in [1.29, 1.82) is 0 Å². The molecule has 2 heterocycles. The third-order valence-electron chi connectivity index (χ3n) is 5.92. The molecule has 2 aliphatic rings. The van der Waals surface area contributed by atoms with Crippen LogP contribution in [0.5, 0.6) is 0 Å². The number of amides is 2. The SMILES string of the molecule is CC(=O)CC1=C(N(N)c2ccc(C)cc2)C(=O)N(c2ccc(N3C=CCCC3=O)cc2)CC1. The minimum Gasteiger partial charge on any atom is -0.307 e. The van der Waals surface area contributed by atoms with E-state index in [1.807, 2.05) is 61.5 Å². The van der Waals surface area contributed by atoms with Gasteiger partial charge in [0.1, 0.15) is 11.5 Å². The van der Waals surface area contributed by atoms with Gasteiger partial charge in [-0.2, -0.15) is 0 Å². The number of hydrogen-bond acceptors (Lipinski definition) is 5. The Morgan fingerprint density at radius 1 is 1.00 bits per heavy atom. The first-order valence-electron chi connectivity index (χ1n) is 11.1. The molecule has 170 valence electrons. The minimum absolute atomic E-state index is 0.00957. The van der Waals surface area contributed by atoms with Gasteiger partial charge < -0.3 is 4.90 Å². The number of hydrogen-bond donors (Lipinski definition) is 1. The Bertz CT molecular complexity index is 1130. The summed E-state index contributed by atoms with van der Waals surface area (Å²) in [6.45, 7) is 3.95. The van der Waals surface area contributed by atoms with E-state index in [-0.39, 0.29) is 24.0 Å². The molecule has 7 nitrogen and oxygen atoms in total. The van der Waals surface area contributed by atoms with Crippen molar-refractivity contribution in [1.82, 2.24) is 0 Å². The minimum atomic E-state index is -0.248. The largest absolute Gasteiger partial charge is 0.307 e. The number of ketones is 1. The van der Waals surface area contributed by atoms with Crippen LogP contribution < -0.4 is 20.7 Å². The molecule has 0 aromatic heterocycles. The Morgan fingerprint density at radius 3 is 2.30 bits per heavy atom. The zero-order chi connectivity index (χ0) is 23.5. The van der Waals surface area contributed by atoms with Crippen LogP contribution in [-0.2, 0) is 14.4 Å². The summed E-state index contributed by atoms with van der Waals surface area (Å²) >= 11 is 0. The van der Waals surface area contributed by atoms with Gasteiger partial charge in [0.15, 0.2) is 0 Å². The van der Waals surface area contributed by atoms with E-state index in [0.29, 0.717) is 36.5 Å². The maximum absolute atomic E-state index is 13.6. The van der Waals surface area contributed by atoms with Gasteiger partial charge >= 0.3 is 0 Å². The van der Waals surface area contributed by atoms with Crippen molar-refractivity contribution in [2.24, 2.45) is 5.84 Å². The maximum Gasteiger partial charge on any atom is 0.276 e. The molecule has 0 bridgehead atoms. The smallest absolute Gasteiger partial charge is 0.276 e. The summed E-state index contributed by atoms with van der Waals surface area (Å²) in [4.78, 5) is 41.0. The molecule has 0 spiro atoms. The van der Waals surface area contributed by atoms with E-state index < -0.39 is 0 Å². The molecular formula is C26H28N4O3. The fourth-order valence-corrected chi connectivity index (χ4v) is 4.19. The molecule has 0 saturated heterocycles. The first kappa shape index (κ1) is 22.5. The van der Waals surface area contributed by atoms with Gasteiger partial charge in [-0.25, -0.2) is 5.84 Å². The monoisotopic (exact) mass is 444 g/mol. The fourth-order valence-electron chi connectivity index (χ4n) is 4.19. The van der Waals surface area contributed by atoms with Crippen LogP contribution in [-0.4, -0.2) is 24.1 Å². The molecule has 4 rings (SSSR count). The van der Waals surface area contributed by atoms with Crippen molar-refractivity contribution in [2.75, 3.05) is 21.4 Å². The highest BCUT2D eigenvalue weighted by Gasteiger charge is 2.32. The summed E-state index contributed by atoms with van der Waals surface area (Å²) in [6.07, 6.45) is 5.74. The zero-order valence-corrected chi connectivity index (χ0v) is 19.0. The zero-order valence-electron chi connectivity index (χ0n) is 19.0.